The number of nitrogens with one attached hydrogen (secondary N) is 1. The van der Waals surface area contributed by atoms with Gasteiger partial charge in [-0.05, 0) is 19.1 Å². The van der Waals surface area contributed by atoms with Crippen LogP contribution in [0.1, 0.15) is 6.92 Å². The van der Waals surface area contributed by atoms with Gasteiger partial charge in [-0.25, -0.2) is 4.39 Å². The van der Waals surface area contributed by atoms with Crippen LogP contribution >= 0.6 is 0 Å². The summed E-state index contributed by atoms with van der Waals surface area (Å²) in [6.45, 7) is 2.80. The second-order valence-corrected chi connectivity index (χ2v) is 2.38. The maximum absolute atomic E-state index is 12.9. The normalized spacial score (nSPS) is 9.58. The Morgan fingerprint density at radius 2 is 2.25 bits per heavy atom. The fourth-order valence-electron chi connectivity index (χ4n) is 0.974. The van der Waals surface area contributed by atoms with Crippen molar-refractivity contribution in [2.45, 2.75) is 6.92 Å². The molecule has 1 aromatic carbocycles. The van der Waals surface area contributed by atoms with Crippen molar-refractivity contribution in [3.05, 3.63) is 24.0 Å². The van der Waals surface area contributed by atoms with Crippen LogP contribution in [0.15, 0.2) is 18.2 Å². The van der Waals surface area contributed by atoms with Gasteiger partial charge in [0.05, 0.1) is 7.11 Å². The number of hydrogen-bond donors (Lipinski definition) is 1. The third-order valence-electron chi connectivity index (χ3n) is 1.53. The smallest absolute Gasteiger partial charge is 0.165 e. The highest BCUT2D eigenvalue weighted by atomic mass is 19.1. The first-order chi connectivity index (χ1) is 5.77. The lowest BCUT2D eigenvalue weighted by molar-refractivity contribution is 0.387. The second-order valence-electron chi connectivity index (χ2n) is 2.38. The zero-order chi connectivity index (χ0) is 8.97. The fourth-order valence-corrected chi connectivity index (χ4v) is 0.974. The van der Waals surface area contributed by atoms with Crippen LogP contribution in [0.3, 0.4) is 0 Å². The molecule has 0 fully saturated rings. The van der Waals surface area contributed by atoms with Crippen molar-refractivity contribution in [2.24, 2.45) is 0 Å². The van der Waals surface area contributed by atoms with Crippen LogP contribution in [0.2, 0.25) is 0 Å². The Balaban J connectivity index is 2.89. The Labute approximate surface area is 71.4 Å². The highest BCUT2D eigenvalue weighted by molar-refractivity contribution is 5.48. The van der Waals surface area contributed by atoms with Crippen molar-refractivity contribution in [3.63, 3.8) is 0 Å². The summed E-state index contributed by atoms with van der Waals surface area (Å²) in [6, 6.07) is 4.71. The van der Waals surface area contributed by atoms with Crippen molar-refractivity contribution >= 4 is 5.69 Å². The molecule has 0 unspecified atom stereocenters. The monoisotopic (exact) mass is 169 g/mol. The standard InChI is InChI=1S/C9H12FNO/c1-3-11-7-4-5-8(10)9(6-7)12-2/h4-6,11H,3H2,1-2H3. The second kappa shape index (κ2) is 3.95. The van der Waals surface area contributed by atoms with E-state index in [1.54, 1.807) is 12.1 Å². The van der Waals surface area contributed by atoms with Crippen LogP contribution in [-0.2, 0) is 0 Å². The molecule has 0 bridgehead atoms. The van der Waals surface area contributed by atoms with Gasteiger partial charge in [0.25, 0.3) is 0 Å². The number of anilines is 1. The maximum Gasteiger partial charge on any atom is 0.165 e. The van der Waals surface area contributed by atoms with E-state index in [9.17, 15) is 4.39 Å². The molecular weight excluding hydrogens is 157 g/mol. The number of halogens is 1. The van der Waals surface area contributed by atoms with Gasteiger partial charge >= 0.3 is 0 Å². The number of rotatable bonds is 3. The van der Waals surface area contributed by atoms with Crippen LogP contribution in [0.4, 0.5) is 10.1 Å². The average molecular weight is 169 g/mol. The fraction of sp³-hybridized carbons (Fsp3) is 0.333. The van der Waals surface area contributed by atoms with Crippen molar-refractivity contribution in [1.82, 2.24) is 0 Å². The summed E-state index contributed by atoms with van der Waals surface area (Å²) >= 11 is 0. The van der Waals surface area contributed by atoms with Crippen LogP contribution in [0.25, 0.3) is 0 Å². The molecule has 0 amide bonds. The number of benzene rings is 1. The molecule has 0 aliphatic carbocycles. The largest absolute Gasteiger partial charge is 0.494 e. The minimum atomic E-state index is -0.334. The average Bonchev–Trinajstić information content (AvgIpc) is 2.09. The first-order valence-electron chi connectivity index (χ1n) is 3.85. The summed E-state index contributed by atoms with van der Waals surface area (Å²) in [6.07, 6.45) is 0. The molecule has 0 aliphatic rings. The van der Waals surface area contributed by atoms with Crippen LogP contribution in [0.5, 0.6) is 5.75 Å². The van der Waals surface area contributed by atoms with E-state index < -0.39 is 0 Å². The summed E-state index contributed by atoms with van der Waals surface area (Å²) in [5.41, 5.74) is 0.871. The molecule has 0 aromatic heterocycles. The van der Waals surface area contributed by atoms with Crippen molar-refractivity contribution in [3.8, 4) is 5.75 Å². The van der Waals surface area contributed by atoms with Crippen LogP contribution in [-0.4, -0.2) is 13.7 Å². The lowest BCUT2D eigenvalue weighted by Crippen LogP contribution is -1.97. The Morgan fingerprint density at radius 1 is 1.50 bits per heavy atom. The Bertz CT molecular complexity index is 263. The lowest BCUT2D eigenvalue weighted by atomic mass is 10.3. The van der Waals surface area contributed by atoms with E-state index >= 15 is 0 Å². The van der Waals surface area contributed by atoms with E-state index in [-0.39, 0.29) is 11.6 Å². The SMILES string of the molecule is CCNc1ccc(F)c(OC)c1. The molecule has 1 aromatic rings. The molecule has 12 heavy (non-hydrogen) atoms. The summed E-state index contributed by atoms with van der Waals surface area (Å²) in [5.74, 6) is -0.0624. The van der Waals surface area contributed by atoms with Gasteiger partial charge in [-0.3, -0.25) is 0 Å². The third-order valence-corrected chi connectivity index (χ3v) is 1.53. The van der Waals surface area contributed by atoms with Crippen LogP contribution in [0, 0.1) is 5.82 Å². The maximum atomic E-state index is 12.9. The predicted molar refractivity (Wildman–Crippen MR) is 47.1 cm³/mol. The first kappa shape index (κ1) is 8.84. The number of ether oxygens (including phenoxy) is 1. The summed E-state index contributed by atoms with van der Waals surface area (Å²) in [4.78, 5) is 0. The van der Waals surface area contributed by atoms with Gasteiger partial charge in [-0.2, -0.15) is 0 Å². The lowest BCUT2D eigenvalue weighted by Gasteiger charge is -2.05. The molecule has 0 saturated heterocycles. The van der Waals surface area contributed by atoms with E-state index in [1.165, 1.54) is 13.2 Å². The third kappa shape index (κ3) is 1.87. The zero-order valence-corrected chi connectivity index (χ0v) is 7.23. The van der Waals surface area contributed by atoms with E-state index in [2.05, 4.69) is 5.32 Å². The Hall–Kier alpha value is -1.25. The highest BCUT2D eigenvalue weighted by Gasteiger charge is 2.01. The zero-order valence-electron chi connectivity index (χ0n) is 7.23. The molecule has 0 atom stereocenters. The minimum Gasteiger partial charge on any atom is -0.494 e. The molecule has 0 radical (unpaired) electrons. The summed E-state index contributed by atoms with van der Waals surface area (Å²) < 4.78 is 17.7. The van der Waals surface area contributed by atoms with Crippen LogP contribution < -0.4 is 10.1 Å². The van der Waals surface area contributed by atoms with Crippen molar-refractivity contribution in [2.75, 3.05) is 19.0 Å². The van der Waals surface area contributed by atoms with Gasteiger partial charge in [0.15, 0.2) is 11.6 Å². The molecular formula is C9H12FNO. The van der Waals surface area contributed by atoms with Gasteiger partial charge in [0, 0.05) is 18.3 Å². The number of methoxy groups -OCH3 is 1. The summed E-state index contributed by atoms with van der Waals surface area (Å²) in [7, 11) is 1.45. The van der Waals surface area contributed by atoms with E-state index in [1.807, 2.05) is 6.92 Å². The molecule has 0 spiro atoms. The first-order valence-corrected chi connectivity index (χ1v) is 3.85. The van der Waals surface area contributed by atoms with Crippen molar-refractivity contribution in [1.29, 1.82) is 0 Å². The predicted octanol–water partition coefficient (Wildman–Crippen LogP) is 2.27. The highest BCUT2D eigenvalue weighted by Crippen LogP contribution is 2.20. The molecule has 1 rings (SSSR count). The molecule has 0 saturated carbocycles. The molecule has 66 valence electrons. The Kier molecular flexibility index (Phi) is 2.91. The van der Waals surface area contributed by atoms with E-state index in [4.69, 9.17) is 4.74 Å². The summed E-state index contributed by atoms with van der Waals surface area (Å²) in [5, 5.41) is 3.06. The molecule has 3 heteroatoms. The molecule has 0 aliphatic heterocycles. The molecule has 1 N–H and O–H groups in total. The van der Waals surface area contributed by atoms with Gasteiger partial charge in [-0.1, -0.05) is 0 Å². The van der Waals surface area contributed by atoms with E-state index in [0.717, 1.165) is 12.2 Å². The van der Waals surface area contributed by atoms with Crippen molar-refractivity contribution < 1.29 is 9.13 Å². The van der Waals surface area contributed by atoms with Gasteiger partial charge in [0.2, 0.25) is 0 Å². The quantitative estimate of drug-likeness (QED) is 0.749. The van der Waals surface area contributed by atoms with Gasteiger partial charge in [-0.15, -0.1) is 0 Å². The Morgan fingerprint density at radius 3 is 2.83 bits per heavy atom. The van der Waals surface area contributed by atoms with Gasteiger partial charge in [0.1, 0.15) is 0 Å². The topological polar surface area (TPSA) is 21.3 Å². The van der Waals surface area contributed by atoms with E-state index in [0.29, 0.717) is 0 Å². The minimum absolute atomic E-state index is 0.272. The number of hydrogen-bond acceptors (Lipinski definition) is 2. The molecule has 0 heterocycles. The van der Waals surface area contributed by atoms with Gasteiger partial charge < -0.3 is 10.1 Å². The molecule has 2 nitrogen and oxygen atoms in total.